The Hall–Kier alpha value is -0.120. The summed E-state index contributed by atoms with van der Waals surface area (Å²) in [6.45, 7) is 2.61. The van der Waals surface area contributed by atoms with Crippen molar-refractivity contribution in [1.29, 1.82) is 0 Å². The van der Waals surface area contributed by atoms with Crippen LogP contribution in [0.5, 0.6) is 0 Å². The Balaban J connectivity index is 2.22. The fraction of sp³-hybridized carbons (Fsp3) is 1.00. The van der Waals surface area contributed by atoms with Crippen LogP contribution in [0.3, 0.4) is 0 Å². The zero-order valence-electron chi connectivity index (χ0n) is 9.14. The first-order chi connectivity index (χ1) is 6.79. The molecule has 2 rings (SSSR count). The third-order valence-electron chi connectivity index (χ3n) is 4.55. The van der Waals surface area contributed by atoms with Gasteiger partial charge < -0.3 is 15.8 Å². The number of likely N-dealkylation sites (N-methyl/N-ethyl adjacent to an activating group) is 1. The molecule has 0 aromatic heterocycles. The van der Waals surface area contributed by atoms with Gasteiger partial charge in [-0.1, -0.05) is 6.42 Å². The van der Waals surface area contributed by atoms with Crippen molar-refractivity contribution in [3.8, 4) is 0 Å². The van der Waals surface area contributed by atoms with Crippen molar-refractivity contribution in [2.75, 3.05) is 26.8 Å². The number of nitrogens with two attached hydrogens (primary N) is 1. The van der Waals surface area contributed by atoms with E-state index in [1.807, 2.05) is 0 Å². The third-order valence-corrected chi connectivity index (χ3v) is 4.55. The molecule has 2 aliphatic rings. The number of hydrogen-bond donors (Lipinski definition) is 2. The summed E-state index contributed by atoms with van der Waals surface area (Å²) in [5.41, 5.74) is 6.60. The first-order valence-corrected chi connectivity index (χ1v) is 5.75. The van der Waals surface area contributed by atoms with E-state index in [0.29, 0.717) is 5.41 Å². The van der Waals surface area contributed by atoms with Crippen LogP contribution >= 0.6 is 0 Å². The molecule has 0 bridgehead atoms. The van der Waals surface area contributed by atoms with Crippen LogP contribution in [0.15, 0.2) is 0 Å². The van der Waals surface area contributed by atoms with Gasteiger partial charge in [-0.3, -0.25) is 0 Å². The normalized spacial score (nSPS) is 36.4. The highest BCUT2D eigenvalue weighted by molar-refractivity contribution is 5.09. The van der Waals surface area contributed by atoms with Crippen LogP contribution in [0.4, 0.5) is 0 Å². The minimum absolute atomic E-state index is 0.191. The molecule has 1 atom stereocenters. The standard InChI is InChI=1S/C11H22N2O/c1-13-11(9-12)4-2-3-10(11)5-7-14-8-6-10/h13H,2-9,12H2,1H3. The highest BCUT2D eigenvalue weighted by Crippen LogP contribution is 2.52. The van der Waals surface area contributed by atoms with Crippen LogP contribution in [-0.2, 0) is 4.74 Å². The Morgan fingerprint density at radius 1 is 1.21 bits per heavy atom. The molecule has 2 fully saturated rings. The van der Waals surface area contributed by atoms with Gasteiger partial charge in [-0.2, -0.15) is 0 Å². The van der Waals surface area contributed by atoms with E-state index in [9.17, 15) is 0 Å². The van der Waals surface area contributed by atoms with Crippen LogP contribution in [-0.4, -0.2) is 32.3 Å². The maximum absolute atomic E-state index is 5.98. The fourth-order valence-corrected chi connectivity index (χ4v) is 3.53. The number of rotatable bonds is 2. The molecule has 3 nitrogen and oxygen atoms in total. The predicted molar refractivity (Wildman–Crippen MR) is 57.2 cm³/mol. The quantitative estimate of drug-likeness (QED) is 0.692. The molecule has 3 N–H and O–H groups in total. The van der Waals surface area contributed by atoms with Crippen molar-refractivity contribution in [2.24, 2.45) is 11.1 Å². The zero-order valence-corrected chi connectivity index (χ0v) is 9.14. The molecule has 1 spiro atoms. The molecule has 82 valence electrons. The minimum Gasteiger partial charge on any atom is -0.381 e. The Bertz CT molecular complexity index is 195. The summed E-state index contributed by atoms with van der Waals surface area (Å²) in [7, 11) is 2.06. The maximum Gasteiger partial charge on any atom is 0.0472 e. The summed E-state index contributed by atoms with van der Waals surface area (Å²) in [6.07, 6.45) is 6.25. The molecule has 14 heavy (non-hydrogen) atoms. The first-order valence-electron chi connectivity index (χ1n) is 5.75. The second kappa shape index (κ2) is 3.80. The lowest BCUT2D eigenvalue weighted by molar-refractivity contribution is -0.0229. The second-order valence-electron chi connectivity index (χ2n) is 4.78. The van der Waals surface area contributed by atoms with Gasteiger partial charge in [-0.15, -0.1) is 0 Å². The van der Waals surface area contributed by atoms with Gasteiger partial charge in [0.25, 0.3) is 0 Å². The Labute approximate surface area is 86.4 Å². The van der Waals surface area contributed by atoms with E-state index in [1.54, 1.807) is 0 Å². The molecular formula is C11H22N2O. The van der Waals surface area contributed by atoms with Crippen molar-refractivity contribution in [2.45, 2.75) is 37.6 Å². The minimum atomic E-state index is 0.191. The molecule has 0 radical (unpaired) electrons. The lowest BCUT2D eigenvalue weighted by Crippen LogP contribution is -2.60. The van der Waals surface area contributed by atoms with Crippen molar-refractivity contribution >= 4 is 0 Å². The fourth-order valence-electron chi connectivity index (χ4n) is 3.53. The average molecular weight is 198 g/mol. The SMILES string of the molecule is CNC1(CN)CCCC12CCOCC2. The molecule has 1 saturated heterocycles. The summed E-state index contributed by atoms with van der Waals surface area (Å²) in [4.78, 5) is 0. The maximum atomic E-state index is 5.98. The Kier molecular flexibility index (Phi) is 2.82. The van der Waals surface area contributed by atoms with E-state index >= 15 is 0 Å². The molecule has 0 aromatic rings. The molecule has 0 amide bonds. The summed E-state index contributed by atoms with van der Waals surface area (Å²) >= 11 is 0. The second-order valence-corrected chi connectivity index (χ2v) is 4.78. The van der Waals surface area contributed by atoms with Gasteiger partial charge in [0.2, 0.25) is 0 Å². The van der Waals surface area contributed by atoms with Crippen LogP contribution in [0.25, 0.3) is 0 Å². The van der Waals surface area contributed by atoms with Crippen molar-refractivity contribution in [3.63, 3.8) is 0 Å². The summed E-state index contributed by atoms with van der Waals surface area (Å²) in [5, 5.41) is 3.51. The van der Waals surface area contributed by atoms with E-state index in [1.165, 1.54) is 32.1 Å². The van der Waals surface area contributed by atoms with Gasteiger partial charge in [0.1, 0.15) is 0 Å². The van der Waals surface area contributed by atoms with Crippen LogP contribution in [0.1, 0.15) is 32.1 Å². The van der Waals surface area contributed by atoms with Crippen LogP contribution in [0, 0.1) is 5.41 Å². The lowest BCUT2D eigenvalue weighted by atomic mass is 9.67. The van der Waals surface area contributed by atoms with Gasteiger partial charge in [0.05, 0.1) is 0 Å². The van der Waals surface area contributed by atoms with Gasteiger partial charge in [0, 0.05) is 25.3 Å². The van der Waals surface area contributed by atoms with Crippen LogP contribution in [0.2, 0.25) is 0 Å². The largest absolute Gasteiger partial charge is 0.381 e. The molecule has 0 aromatic carbocycles. The summed E-state index contributed by atoms with van der Waals surface area (Å²) < 4.78 is 5.47. The Morgan fingerprint density at radius 3 is 2.50 bits per heavy atom. The molecule has 1 aliphatic heterocycles. The molecular weight excluding hydrogens is 176 g/mol. The van der Waals surface area contributed by atoms with E-state index in [2.05, 4.69) is 12.4 Å². The van der Waals surface area contributed by atoms with Gasteiger partial charge in [0.15, 0.2) is 0 Å². The lowest BCUT2D eigenvalue weighted by Gasteiger charge is -2.48. The summed E-state index contributed by atoms with van der Waals surface area (Å²) in [5.74, 6) is 0. The highest BCUT2D eigenvalue weighted by atomic mass is 16.5. The van der Waals surface area contributed by atoms with Crippen molar-refractivity contribution in [1.82, 2.24) is 5.32 Å². The molecule has 1 aliphatic carbocycles. The number of hydrogen-bond acceptors (Lipinski definition) is 3. The van der Waals surface area contributed by atoms with E-state index in [-0.39, 0.29) is 5.54 Å². The smallest absolute Gasteiger partial charge is 0.0472 e. The van der Waals surface area contributed by atoms with Crippen molar-refractivity contribution in [3.05, 3.63) is 0 Å². The highest BCUT2D eigenvalue weighted by Gasteiger charge is 2.53. The van der Waals surface area contributed by atoms with E-state index in [4.69, 9.17) is 10.5 Å². The van der Waals surface area contributed by atoms with Crippen LogP contribution < -0.4 is 11.1 Å². The average Bonchev–Trinajstić information content (AvgIpc) is 2.58. The topological polar surface area (TPSA) is 47.3 Å². The first kappa shape index (κ1) is 10.4. The Morgan fingerprint density at radius 2 is 1.93 bits per heavy atom. The molecule has 1 saturated carbocycles. The monoisotopic (exact) mass is 198 g/mol. The van der Waals surface area contributed by atoms with E-state index in [0.717, 1.165) is 19.8 Å². The van der Waals surface area contributed by atoms with E-state index < -0.39 is 0 Å². The third kappa shape index (κ3) is 1.30. The number of ether oxygens (including phenoxy) is 1. The summed E-state index contributed by atoms with van der Waals surface area (Å²) in [6, 6.07) is 0. The molecule has 3 heteroatoms. The van der Waals surface area contributed by atoms with Crippen molar-refractivity contribution < 1.29 is 4.74 Å². The molecule has 1 heterocycles. The van der Waals surface area contributed by atoms with Gasteiger partial charge in [-0.25, -0.2) is 0 Å². The molecule has 1 unspecified atom stereocenters. The number of nitrogens with one attached hydrogen (secondary N) is 1. The zero-order chi connectivity index (χ0) is 10.1. The van der Waals surface area contributed by atoms with Gasteiger partial charge >= 0.3 is 0 Å². The predicted octanol–water partition coefficient (Wildman–Crippen LogP) is 0.884. The van der Waals surface area contributed by atoms with Gasteiger partial charge in [-0.05, 0) is 38.1 Å².